The highest BCUT2D eigenvalue weighted by Gasteiger charge is 2.20. The molecule has 1 unspecified atom stereocenters. The van der Waals surface area contributed by atoms with Crippen LogP contribution in [0.3, 0.4) is 0 Å². The minimum absolute atomic E-state index is 0.0868. The van der Waals surface area contributed by atoms with Gasteiger partial charge in [0.25, 0.3) is 0 Å². The molecule has 1 saturated heterocycles. The Hall–Kier alpha value is -0.650. The summed E-state index contributed by atoms with van der Waals surface area (Å²) in [6, 6.07) is 0.0868. The quantitative estimate of drug-likeness (QED) is 0.673. The minimum atomic E-state index is 0.0868. The summed E-state index contributed by atoms with van der Waals surface area (Å²) in [5.41, 5.74) is 0. The molecule has 0 aromatic carbocycles. The van der Waals surface area contributed by atoms with Gasteiger partial charge in [-0.2, -0.15) is 0 Å². The van der Waals surface area contributed by atoms with Crippen molar-refractivity contribution in [3.63, 3.8) is 0 Å². The largest absolute Gasteiger partial charge is 0.383 e. The fraction of sp³-hybridized carbons (Fsp3) is 0.929. The van der Waals surface area contributed by atoms with Crippen molar-refractivity contribution < 1.29 is 9.53 Å². The number of rotatable bonds is 8. The summed E-state index contributed by atoms with van der Waals surface area (Å²) in [5, 5.41) is 6.36. The highest BCUT2D eigenvalue weighted by molar-refractivity contribution is 5.78. The van der Waals surface area contributed by atoms with E-state index < -0.39 is 0 Å². The number of piperidine rings is 1. The van der Waals surface area contributed by atoms with E-state index in [1.807, 2.05) is 6.92 Å². The van der Waals surface area contributed by atoms with Gasteiger partial charge in [-0.3, -0.25) is 9.69 Å². The molecule has 19 heavy (non-hydrogen) atoms. The van der Waals surface area contributed by atoms with Crippen molar-refractivity contribution >= 4 is 5.91 Å². The fourth-order valence-corrected chi connectivity index (χ4v) is 2.51. The summed E-state index contributed by atoms with van der Waals surface area (Å²) < 4.78 is 5.01. The van der Waals surface area contributed by atoms with E-state index in [1.165, 1.54) is 12.8 Å². The van der Waals surface area contributed by atoms with Crippen LogP contribution in [0.25, 0.3) is 0 Å². The van der Waals surface area contributed by atoms with Gasteiger partial charge in [-0.1, -0.05) is 6.92 Å². The van der Waals surface area contributed by atoms with Crippen LogP contribution in [0.5, 0.6) is 0 Å². The highest BCUT2D eigenvalue weighted by Crippen LogP contribution is 2.15. The van der Waals surface area contributed by atoms with Gasteiger partial charge in [-0.15, -0.1) is 0 Å². The second-order valence-corrected chi connectivity index (χ2v) is 5.45. The number of carbonyl (C=O) groups is 1. The molecule has 1 aliphatic heterocycles. The molecule has 0 bridgehead atoms. The summed E-state index contributed by atoms with van der Waals surface area (Å²) >= 11 is 0. The monoisotopic (exact) mass is 271 g/mol. The molecule has 0 saturated carbocycles. The normalized spacial score (nSPS) is 19.3. The molecule has 5 nitrogen and oxygen atoms in total. The van der Waals surface area contributed by atoms with Crippen LogP contribution in [-0.2, 0) is 9.53 Å². The van der Waals surface area contributed by atoms with Crippen molar-refractivity contribution in [3.8, 4) is 0 Å². The molecule has 1 amide bonds. The smallest absolute Gasteiger partial charge is 0.234 e. The van der Waals surface area contributed by atoms with Crippen LogP contribution in [0.2, 0.25) is 0 Å². The van der Waals surface area contributed by atoms with Crippen molar-refractivity contribution in [2.75, 3.05) is 46.4 Å². The zero-order chi connectivity index (χ0) is 14.1. The van der Waals surface area contributed by atoms with E-state index in [2.05, 4.69) is 22.5 Å². The van der Waals surface area contributed by atoms with Gasteiger partial charge in [0, 0.05) is 13.2 Å². The van der Waals surface area contributed by atoms with E-state index in [9.17, 15) is 4.79 Å². The third-order valence-corrected chi connectivity index (χ3v) is 3.58. The lowest BCUT2D eigenvalue weighted by atomic mass is 9.97. The number of nitrogens with zero attached hydrogens (tertiary/aromatic N) is 1. The number of methoxy groups -OCH3 is 1. The Labute approximate surface area is 117 Å². The maximum atomic E-state index is 11.8. The lowest BCUT2D eigenvalue weighted by Crippen LogP contribution is -2.45. The van der Waals surface area contributed by atoms with E-state index in [0.717, 1.165) is 32.1 Å². The molecule has 1 atom stereocenters. The topological polar surface area (TPSA) is 53.6 Å². The Kier molecular flexibility index (Phi) is 8.02. The molecule has 2 N–H and O–H groups in total. The second-order valence-electron chi connectivity index (χ2n) is 5.45. The summed E-state index contributed by atoms with van der Waals surface area (Å²) in [5.74, 6) is 0.876. The molecule has 0 radical (unpaired) electrons. The van der Waals surface area contributed by atoms with Gasteiger partial charge in [0.05, 0.1) is 13.2 Å². The first-order valence-corrected chi connectivity index (χ1v) is 7.37. The van der Waals surface area contributed by atoms with E-state index in [4.69, 9.17) is 4.74 Å². The first-order chi connectivity index (χ1) is 9.15. The van der Waals surface area contributed by atoms with Gasteiger partial charge in [-0.25, -0.2) is 0 Å². The first kappa shape index (κ1) is 16.4. The number of carbonyl (C=O) groups excluding carboxylic acids is 1. The minimum Gasteiger partial charge on any atom is -0.383 e. The number of amides is 1. The van der Waals surface area contributed by atoms with Crippen LogP contribution >= 0.6 is 0 Å². The maximum Gasteiger partial charge on any atom is 0.234 e. The van der Waals surface area contributed by atoms with Gasteiger partial charge in [0.1, 0.15) is 0 Å². The van der Waals surface area contributed by atoms with Gasteiger partial charge < -0.3 is 15.4 Å². The average Bonchev–Trinajstić information content (AvgIpc) is 2.38. The molecule has 0 spiro atoms. The first-order valence-electron chi connectivity index (χ1n) is 7.37. The van der Waals surface area contributed by atoms with E-state index in [0.29, 0.717) is 13.2 Å². The van der Waals surface area contributed by atoms with Crippen molar-refractivity contribution in [3.05, 3.63) is 0 Å². The molecule has 1 fully saturated rings. The lowest BCUT2D eigenvalue weighted by Gasteiger charge is -2.31. The third kappa shape index (κ3) is 6.89. The zero-order valence-electron chi connectivity index (χ0n) is 12.6. The SMILES string of the molecule is CCNCC1CCN(CC(=O)NC(C)COC)CC1. The summed E-state index contributed by atoms with van der Waals surface area (Å²) in [6.45, 7) is 9.40. The Morgan fingerprint density at radius 2 is 2.11 bits per heavy atom. The van der Waals surface area contributed by atoms with Gasteiger partial charge in [-0.05, 0) is 51.9 Å². The number of hydrogen-bond donors (Lipinski definition) is 2. The zero-order valence-corrected chi connectivity index (χ0v) is 12.6. The molecule has 0 aliphatic carbocycles. The highest BCUT2D eigenvalue weighted by atomic mass is 16.5. The molecule has 0 aromatic heterocycles. The van der Waals surface area contributed by atoms with Crippen molar-refractivity contribution in [2.45, 2.75) is 32.7 Å². The van der Waals surface area contributed by atoms with Crippen LogP contribution in [-0.4, -0.2) is 63.3 Å². The fourth-order valence-electron chi connectivity index (χ4n) is 2.51. The van der Waals surface area contributed by atoms with Gasteiger partial charge >= 0.3 is 0 Å². The van der Waals surface area contributed by atoms with Gasteiger partial charge in [0.15, 0.2) is 0 Å². The number of nitrogens with one attached hydrogen (secondary N) is 2. The number of likely N-dealkylation sites (tertiary alicyclic amines) is 1. The number of hydrogen-bond acceptors (Lipinski definition) is 4. The molecule has 112 valence electrons. The van der Waals surface area contributed by atoms with Crippen LogP contribution in [0.4, 0.5) is 0 Å². The molecule has 1 aliphatic rings. The van der Waals surface area contributed by atoms with E-state index in [1.54, 1.807) is 7.11 Å². The van der Waals surface area contributed by atoms with Crippen LogP contribution < -0.4 is 10.6 Å². The molecule has 0 aromatic rings. The molecular weight excluding hydrogens is 242 g/mol. The molecule has 1 heterocycles. The van der Waals surface area contributed by atoms with Crippen molar-refractivity contribution in [1.82, 2.24) is 15.5 Å². The Morgan fingerprint density at radius 3 is 2.68 bits per heavy atom. The molecule has 1 rings (SSSR count). The van der Waals surface area contributed by atoms with Crippen LogP contribution in [0.1, 0.15) is 26.7 Å². The lowest BCUT2D eigenvalue weighted by molar-refractivity contribution is -0.123. The van der Waals surface area contributed by atoms with E-state index in [-0.39, 0.29) is 11.9 Å². The maximum absolute atomic E-state index is 11.8. The Balaban J connectivity index is 2.16. The van der Waals surface area contributed by atoms with E-state index >= 15 is 0 Å². The predicted octanol–water partition coefficient (Wildman–Crippen LogP) is 0.459. The molecular formula is C14H29N3O2. The van der Waals surface area contributed by atoms with Crippen molar-refractivity contribution in [1.29, 1.82) is 0 Å². The van der Waals surface area contributed by atoms with Crippen LogP contribution in [0.15, 0.2) is 0 Å². The summed E-state index contributed by atoms with van der Waals surface area (Å²) in [7, 11) is 1.65. The summed E-state index contributed by atoms with van der Waals surface area (Å²) in [6.07, 6.45) is 2.38. The van der Waals surface area contributed by atoms with Crippen molar-refractivity contribution in [2.24, 2.45) is 5.92 Å². The predicted molar refractivity (Wildman–Crippen MR) is 77.2 cm³/mol. The Morgan fingerprint density at radius 1 is 1.42 bits per heavy atom. The van der Waals surface area contributed by atoms with Gasteiger partial charge in [0.2, 0.25) is 5.91 Å². The number of ether oxygens (including phenoxy) is 1. The third-order valence-electron chi connectivity index (χ3n) is 3.58. The Bertz CT molecular complexity index is 253. The average molecular weight is 271 g/mol. The standard InChI is InChI=1S/C14H29N3O2/c1-4-15-9-13-5-7-17(8-6-13)10-14(18)16-12(2)11-19-3/h12-13,15H,4-11H2,1-3H3,(H,16,18). The van der Waals surface area contributed by atoms with Crippen LogP contribution in [0, 0.1) is 5.92 Å². The summed E-state index contributed by atoms with van der Waals surface area (Å²) in [4.78, 5) is 14.1. The second kappa shape index (κ2) is 9.28. The molecule has 5 heteroatoms.